The van der Waals surface area contributed by atoms with Crippen molar-refractivity contribution in [2.75, 3.05) is 13.2 Å². The van der Waals surface area contributed by atoms with E-state index in [4.69, 9.17) is 10.00 Å². The quantitative estimate of drug-likeness (QED) is 0.809. The number of hydrogen-bond donors (Lipinski definition) is 1. The number of halogens is 1. The zero-order valence-corrected chi connectivity index (χ0v) is 10.9. The van der Waals surface area contributed by atoms with E-state index >= 15 is 0 Å². The lowest BCUT2D eigenvalue weighted by molar-refractivity contribution is 0.267. The number of nitrogens with zero attached hydrogens (tertiary/aromatic N) is 1. The van der Waals surface area contributed by atoms with Crippen molar-refractivity contribution < 1.29 is 9.13 Å². The van der Waals surface area contributed by atoms with Gasteiger partial charge in [-0.25, -0.2) is 4.39 Å². The predicted octanol–water partition coefficient (Wildman–Crippen LogP) is 2.88. The largest absolute Gasteiger partial charge is 0.493 e. The second-order valence-corrected chi connectivity index (χ2v) is 4.42. The molecule has 3 nitrogen and oxygen atoms in total. The van der Waals surface area contributed by atoms with Crippen molar-refractivity contribution in [3.05, 3.63) is 30.1 Å². The van der Waals surface area contributed by atoms with Gasteiger partial charge in [0, 0.05) is 6.42 Å². The van der Waals surface area contributed by atoms with E-state index in [9.17, 15) is 4.39 Å². The molecule has 1 atom stereocenters. The van der Waals surface area contributed by atoms with Gasteiger partial charge in [-0.3, -0.25) is 5.32 Å². The van der Waals surface area contributed by atoms with Crippen LogP contribution in [0.4, 0.5) is 4.39 Å². The molecule has 98 valence electrons. The second-order valence-electron chi connectivity index (χ2n) is 4.42. The molecular formula is C14H19FN2O. The van der Waals surface area contributed by atoms with Gasteiger partial charge in [0.2, 0.25) is 0 Å². The Balaban J connectivity index is 2.40. The highest BCUT2D eigenvalue weighted by molar-refractivity contribution is 5.22. The van der Waals surface area contributed by atoms with Gasteiger partial charge in [-0.15, -0.1) is 0 Å². The Kier molecular flexibility index (Phi) is 5.60. The van der Waals surface area contributed by atoms with E-state index in [0.29, 0.717) is 18.8 Å². The number of hydrogen-bond acceptors (Lipinski definition) is 3. The first-order valence-corrected chi connectivity index (χ1v) is 6.14. The van der Waals surface area contributed by atoms with Crippen LogP contribution in [0, 0.1) is 17.1 Å². The molecular weight excluding hydrogens is 231 g/mol. The summed E-state index contributed by atoms with van der Waals surface area (Å²) in [7, 11) is 0. The minimum absolute atomic E-state index is 0.283. The van der Waals surface area contributed by atoms with Crippen LogP contribution in [0.3, 0.4) is 0 Å². The number of nitriles is 1. The van der Waals surface area contributed by atoms with Gasteiger partial charge in [0.1, 0.15) is 17.1 Å². The van der Waals surface area contributed by atoms with Gasteiger partial charge in [0.25, 0.3) is 0 Å². The van der Waals surface area contributed by atoms with Crippen molar-refractivity contribution in [1.29, 1.82) is 5.26 Å². The zero-order chi connectivity index (χ0) is 13.4. The van der Waals surface area contributed by atoms with Crippen molar-refractivity contribution in [1.82, 2.24) is 5.32 Å². The summed E-state index contributed by atoms with van der Waals surface area (Å²) in [6.45, 7) is 5.14. The van der Waals surface area contributed by atoms with Gasteiger partial charge in [-0.05, 0) is 44.2 Å². The summed E-state index contributed by atoms with van der Waals surface area (Å²) >= 11 is 0. The van der Waals surface area contributed by atoms with Crippen LogP contribution in [0.1, 0.15) is 26.7 Å². The van der Waals surface area contributed by atoms with Crippen LogP contribution < -0.4 is 10.1 Å². The Morgan fingerprint density at radius 2 is 2.06 bits per heavy atom. The van der Waals surface area contributed by atoms with E-state index in [1.807, 2.05) is 6.92 Å². The van der Waals surface area contributed by atoms with Crippen LogP contribution >= 0.6 is 0 Å². The molecule has 4 heteroatoms. The molecule has 0 heterocycles. The molecule has 0 fully saturated rings. The standard InChI is InChI=1S/C14H19FN2O/c1-3-9-17-14(2,11-16)8-10-18-13-6-4-12(15)5-7-13/h4-7,17H,3,8-10H2,1-2H3. The summed E-state index contributed by atoms with van der Waals surface area (Å²) in [5.41, 5.74) is -0.573. The average molecular weight is 250 g/mol. The fourth-order valence-corrected chi connectivity index (χ4v) is 1.49. The predicted molar refractivity (Wildman–Crippen MR) is 68.8 cm³/mol. The molecule has 0 amide bonds. The zero-order valence-electron chi connectivity index (χ0n) is 10.9. The van der Waals surface area contributed by atoms with Gasteiger partial charge in [-0.2, -0.15) is 5.26 Å². The summed E-state index contributed by atoms with van der Waals surface area (Å²) < 4.78 is 18.2. The third-order valence-corrected chi connectivity index (χ3v) is 2.70. The Morgan fingerprint density at radius 3 is 2.61 bits per heavy atom. The van der Waals surface area contributed by atoms with Gasteiger partial charge in [0.15, 0.2) is 0 Å². The highest BCUT2D eigenvalue weighted by atomic mass is 19.1. The lowest BCUT2D eigenvalue weighted by Gasteiger charge is -2.23. The molecule has 1 aromatic carbocycles. The number of nitrogens with one attached hydrogen (secondary N) is 1. The first-order valence-electron chi connectivity index (χ1n) is 6.14. The van der Waals surface area contributed by atoms with E-state index in [-0.39, 0.29) is 5.82 Å². The monoisotopic (exact) mass is 250 g/mol. The van der Waals surface area contributed by atoms with Crippen molar-refractivity contribution in [2.45, 2.75) is 32.2 Å². The maximum Gasteiger partial charge on any atom is 0.123 e. The van der Waals surface area contributed by atoms with E-state index < -0.39 is 5.54 Å². The summed E-state index contributed by atoms with van der Waals surface area (Å²) in [6.07, 6.45) is 1.57. The van der Waals surface area contributed by atoms with Gasteiger partial charge in [-0.1, -0.05) is 6.92 Å². The topological polar surface area (TPSA) is 45.0 Å². The third kappa shape index (κ3) is 4.72. The van der Waals surface area contributed by atoms with Crippen molar-refractivity contribution in [3.8, 4) is 11.8 Å². The van der Waals surface area contributed by atoms with Crippen molar-refractivity contribution in [2.24, 2.45) is 0 Å². The maximum absolute atomic E-state index is 12.7. The highest BCUT2D eigenvalue weighted by Crippen LogP contribution is 2.14. The number of benzene rings is 1. The van der Waals surface area contributed by atoms with Crippen molar-refractivity contribution in [3.63, 3.8) is 0 Å². The molecule has 1 N–H and O–H groups in total. The average Bonchev–Trinajstić information content (AvgIpc) is 2.39. The Morgan fingerprint density at radius 1 is 1.39 bits per heavy atom. The van der Waals surface area contributed by atoms with Gasteiger partial charge >= 0.3 is 0 Å². The van der Waals surface area contributed by atoms with Crippen LogP contribution in [0.2, 0.25) is 0 Å². The second kappa shape index (κ2) is 6.97. The first-order chi connectivity index (χ1) is 8.59. The van der Waals surface area contributed by atoms with E-state index in [0.717, 1.165) is 13.0 Å². The lowest BCUT2D eigenvalue weighted by atomic mass is 10.0. The molecule has 18 heavy (non-hydrogen) atoms. The van der Waals surface area contributed by atoms with Crippen LogP contribution in [-0.2, 0) is 0 Å². The Hall–Kier alpha value is -1.60. The van der Waals surface area contributed by atoms with Crippen molar-refractivity contribution >= 4 is 0 Å². The van der Waals surface area contributed by atoms with Crippen LogP contribution in [0.15, 0.2) is 24.3 Å². The summed E-state index contributed by atoms with van der Waals surface area (Å²) in [5.74, 6) is 0.334. The summed E-state index contributed by atoms with van der Waals surface area (Å²) in [4.78, 5) is 0. The molecule has 0 saturated heterocycles. The molecule has 1 aromatic rings. The smallest absolute Gasteiger partial charge is 0.123 e. The molecule has 0 aromatic heterocycles. The highest BCUT2D eigenvalue weighted by Gasteiger charge is 2.22. The fraction of sp³-hybridized carbons (Fsp3) is 0.500. The fourth-order valence-electron chi connectivity index (χ4n) is 1.49. The molecule has 0 aliphatic rings. The summed E-state index contributed by atoms with van der Waals surface area (Å²) in [5, 5.41) is 12.3. The first kappa shape index (κ1) is 14.5. The minimum Gasteiger partial charge on any atom is -0.493 e. The maximum atomic E-state index is 12.7. The summed E-state index contributed by atoms with van der Waals surface area (Å²) in [6, 6.07) is 8.13. The molecule has 0 saturated carbocycles. The molecule has 0 aliphatic carbocycles. The normalized spacial score (nSPS) is 13.7. The minimum atomic E-state index is -0.573. The van der Waals surface area contributed by atoms with Crippen LogP contribution in [-0.4, -0.2) is 18.7 Å². The van der Waals surface area contributed by atoms with E-state index in [1.165, 1.54) is 12.1 Å². The van der Waals surface area contributed by atoms with Crippen LogP contribution in [0.5, 0.6) is 5.75 Å². The molecule has 0 bridgehead atoms. The Labute approximate surface area is 108 Å². The Bertz CT molecular complexity index is 399. The SMILES string of the molecule is CCCNC(C)(C#N)CCOc1ccc(F)cc1. The number of rotatable bonds is 7. The lowest BCUT2D eigenvalue weighted by Crippen LogP contribution is -2.42. The number of ether oxygens (including phenoxy) is 1. The van der Waals surface area contributed by atoms with E-state index in [1.54, 1.807) is 12.1 Å². The molecule has 1 unspecified atom stereocenters. The molecule has 1 rings (SSSR count). The molecule has 0 radical (unpaired) electrons. The van der Waals surface area contributed by atoms with Crippen LogP contribution in [0.25, 0.3) is 0 Å². The van der Waals surface area contributed by atoms with Gasteiger partial charge in [0.05, 0.1) is 12.7 Å². The molecule has 0 spiro atoms. The third-order valence-electron chi connectivity index (χ3n) is 2.70. The molecule has 0 aliphatic heterocycles. The van der Waals surface area contributed by atoms with E-state index in [2.05, 4.69) is 18.3 Å². The van der Waals surface area contributed by atoms with Gasteiger partial charge < -0.3 is 4.74 Å².